The lowest BCUT2D eigenvalue weighted by atomic mass is 10.2. The first kappa shape index (κ1) is 19.6. The summed E-state index contributed by atoms with van der Waals surface area (Å²) in [6.07, 6.45) is 2.43. The van der Waals surface area contributed by atoms with E-state index in [1.807, 2.05) is 47.8 Å². The number of nitrogens with one attached hydrogen (secondary N) is 3. The molecule has 0 aliphatic rings. The van der Waals surface area contributed by atoms with Gasteiger partial charge in [0.05, 0.1) is 17.1 Å². The molecule has 8 heteroatoms. The highest BCUT2D eigenvalue weighted by atomic mass is 32.1. The third-order valence-electron chi connectivity index (χ3n) is 3.91. The number of oxazole rings is 1. The Hall–Kier alpha value is -3.13. The van der Waals surface area contributed by atoms with Gasteiger partial charge in [-0.25, -0.2) is 4.98 Å². The van der Waals surface area contributed by atoms with E-state index in [-0.39, 0.29) is 5.91 Å². The van der Waals surface area contributed by atoms with Gasteiger partial charge in [0.1, 0.15) is 6.26 Å². The Labute approximate surface area is 167 Å². The van der Waals surface area contributed by atoms with Gasteiger partial charge in [-0.05, 0) is 30.0 Å². The smallest absolute Gasteiger partial charge is 0.261 e. The second kappa shape index (κ2) is 10.3. The van der Waals surface area contributed by atoms with Crippen molar-refractivity contribution < 1.29 is 9.21 Å². The quantitative estimate of drug-likeness (QED) is 0.309. The minimum Gasteiger partial charge on any atom is -0.444 e. The lowest BCUT2D eigenvalue weighted by Crippen LogP contribution is -2.38. The Morgan fingerprint density at radius 2 is 1.93 bits per heavy atom. The molecule has 0 atom stereocenters. The van der Waals surface area contributed by atoms with Crippen LogP contribution in [0.4, 0.5) is 0 Å². The number of hydrogen-bond acceptors (Lipinski definition) is 5. The molecule has 0 spiro atoms. The first-order chi connectivity index (χ1) is 13.8. The van der Waals surface area contributed by atoms with E-state index in [1.54, 1.807) is 13.3 Å². The molecule has 0 aliphatic heterocycles. The van der Waals surface area contributed by atoms with Crippen LogP contribution in [0.5, 0.6) is 0 Å². The van der Waals surface area contributed by atoms with Gasteiger partial charge < -0.3 is 20.4 Å². The van der Waals surface area contributed by atoms with E-state index in [0.29, 0.717) is 31.5 Å². The summed E-state index contributed by atoms with van der Waals surface area (Å²) in [5.41, 5.74) is 1.74. The van der Waals surface area contributed by atoms with Gasteiger partial charge in [0, 0.05) is 25.7 Å². The second-order valence-electron chi connectivity index (χ2n) is 5.95. The van der Waals surface area contributed by atoms with E-state index < -0.39 is 0 Å². The summed E-state index contributed by atoms with van der Waals surface area (Å²) >= 11 is 1.44. The number of rotatable bonds is 8. The van der Waals surface area contributed by atoms with Gasteiger partial charge in [-0.3, -0.25) is 9.79 Å². The number of carbonyl (C=O) groups is 1. The molecule has 3 rings (SSSR count). The summed E-state index contributed by atoms with van der Waals surface area (Å²) in [4.78, 5) is 21.3. The number of amides is 1. The lowest BCUT2D eigenvalue weighted by molar-refractivity contribution is 0.0957. The molecule has 2 heterocycles. The number of aliphatic imine (C=N–C) groups is 1. The maximum absolute atomic E-state index is 11.8. The van der Waals surface area contributed by atoms with E-state index in [2.05, 4.69) is 25.9 Å². The van der Waals surface area contributed by atoms with Crippen LogP contribution in [0.15, 0.2) is 63.5 Å². The topological polar surface area (TPSA) is 91.5 Å². The van der Waals surface area contributed by atoms with Crippen LogP contribution in [0.1, 0.15) is 21.8 Å². The van der Waals surface area contributed by atoms with Crippen LogP contribution in [-0.4, -0.2) is 37.0 Å². The molecule has 1 aromatic carbocycles. The fraction of sp³-hybridized carbons (Fsp3) is 0.250. The fourth-order valence-corrected chi connectivity index (χ4v) is 3.13. The van der Waals surface area contributed by atoms with Crippen LogP contribution in [0.2, 0.25) is 0 Å². The Bertz CT molecular complexity index is 890. The Balaban J connectivity index is 1.36. The molecule has 2 aromatic heterocycles. The van der Waals surface area contributed by atoms with Gasteiger partial charge in [-0.1, -0.05) is 24.3 Å². The molecule has 0 radical (unpaired) electrons. The highest BCUT2D eigenvalue weighted by Crippen LogP contribution is 2.17. The molecular formula is C20H23N5O2S. The van der Waals surface area contributed by atoms with Gasteiger partial charge in [0.15, 0.2) is 5.96 Å². The number of guanidine groups is 1. The molecule has 0 fully saturated rings. The monoisotopic (exact) mass is 397 g/mol. The van der Waals surface area contributed by atoms with Crippen LogP contribution < -0.4 is 16.0 Å². The molecule has 28 heavy (non-hydrogen) atoms. The van der Waals surface area contributed by atoms with Crippen molar-refractivity contribution in [1.82, 2.24) is 20.9 Å². The van der Waals surface area contributed by atoms with Crippen molar-refractivity contribution in [3.05, 3.63) is 64.7 Å². The molecule has 0 unspecified atom stereocenters. The molecule has 7 nitrogen and oxygen atoms in total. The minimum absolute atomic E-state index is 0.0299. The van der Waals surface area contributed by atoms with Gasteiger partial charge in [-0.2, -0.15) is 0 Å². The van der Waals surface area contributed by atoms with Crippen molar-refractivity contribution in [2.24, 2.45) is 4.99 Å². The molecule has 1 amide bonds. The van der Waals surface area contributed by atoms with Crippen LogP contribution in [-0.2, 0) is 6.54 Å². The largest absolute Gasteiger partial charge is 0.444 e. The van der Waals surface area contributed by atoms with Crippen molar-refractivity contribution in [1.29, 1.82) is 0 Å². The van der Waals surface area contributed by atoms with Gasteiger partial charge in [-0.15, -0.1) is 11.3 Å². The Kier molecular flexibility index (Phi) is 7.20. The van der Waals surface area contributed by atoms with E-state index >= 15 is 0 Å². The van der Waals surface area contributed by atoms with Gasteiger partial charge >= 0.3 is 0 Å². The Morgan fingerprint density at radius 1 is 1.11 bits per heavy atom. The van der Waals surface area contributed by atoms with Crippen molar-refractivity contribution in [2.75, 3.05) is 20.1 Å². The Morgan fingerprint density at radius 3 is 2.68 bits per heavy atom. The number of aromatic nitrogens is 1. The second-order valence-corrected chi connectivity index (χ2v) is 6.90. The standard InChI is InChI=1S/C20H23N5O2S/c1-21-20(23-11-6-10-22-18(26)17-9-5-12-28-17)24-13-16-14-27-19(25-16)15-7-3-2-4-8-15/h2-5,7-9,12,14H,6,10-11,13H2,1H3,(H,22,26)(H2,21,23,24). The number of nitrogens with zero attached hydrogens (tertiary/aromatic N) is 2. The maximum atomic E-state index is 11.8. The molecule has 0 saturated heterocycles. The average Bonchev–Trinajstić information content (AvgIpc) is 3.43. The summed E-state index contributed by atoms with van der Waals surface area (Å²) < 4.78 is 5.53. The predicted octanol–water partition coefficient (Wildman–Crippen LogP) is 2.89. The molecule has 3 aromatic rings. The summed E-state index contributed by atoms with van der Waals surface area (Å²) in [6.45, 7) is 1.80. The van der Waals surface area contributed by atoms with Crippen molar-refractivity contribution in [2.45, 2.75) is 13.0 Å². The third kappa shape index (κ3) is 5.68. The van der Waals surface area contributed by atoms with Gasteiger partial charge in [0.25, 0.3) is 5.91 Å². The van der Waals surface area contributed by atoms with E-state index in [4.69, 9.17) is 4.42 Å². The number of hydrogen-bond donors (Lipinski definition) is 3. The highest BCUT2D eigenvalue weighted by molar-refractivity contribution is 7.12. The normalized spacial score (nSPS) is 11.2. The van der Waals surface area contributed by atoms with Crippen LogP contribution in [0.25, 0.3) is 11.5 Å². The van der Waals surface area contributed by atoms with Crippen molar-refractivity contribution >= 4 is 23.2 Å². The molecular weight excluding hydrogens is 374 g/mol. The molecule has 0 bridgehead atoms. The first-order valence-electron chi connectivity index (χ1n) is 9.02. The van der Waals surface area contributed by atoms with E-state index in [9.17, 15) is 4.79 Å². The first-order valence-corrected chi connectivity index (χ1v) is 9.90. The molecule has 0 saturated carbocycles. The predicted molar refractivity (Wildman–Crippen MR) is 111 cm³/mol. The summed E-state index contributed by atoms with van der Waals surface area (Å²) in [6, 6.07) is 13.5. The van der Waals surface area contributed by atoms with E-state index in [0.717, 1.165) is 22.6 Å². The van der Waals surface area contributed by atoms with Crippen LogP contribution in [0.3, 0.4) is 0 Å². The zero-order valence-corrected chi connectivity index (χ0v) is 16.5. The number of carbonyl (C=O) groups excluding carboxylic acids is 1. The number of benzene rings is 1. The molecule has 3 N–H and O–H groups in total. The summed E-state index contributed by atoms with van der Waals surface area (Å²) in [7, 11) is 1.71. The zero-order valence-electron chi connectivity index (χ0n) is 15.6. The maximum Gasteiger partial charge on any atom is 0.261 e. The highest BCUT2D eigenvalue weighted by Gasteiger charge is 2.07. The fourth-order valence-electron chi connectivity index (χ4n) is 2.49. The lowest BCUT2D eigenvalue weighted by Gasteiger charge is -2.11. The SMILES string of the molecule is CN=C(NCCCNC(=O)c1cccs1)NCc1coc(-c2ccccc2)n1. The van der Waals surface area contributed by atoms with Crippen molar-refractivity contribution in [3.63, 3.8) is 0 Å². The van der Waals surface area contributed by atoms with Gasteiger partial charge in [0.2, 0.25) is 5.89 Å². The van der Waals surface area contributed by atoms with Crippen molar-refractivity contribution in [3.8, 4) is 11.5 Å². The number of thiophene rings is 1. The molecule has 0 aliphatic carbocycles. The minimum atomic E-state index is -0.0299. The zero-order chi connectivity index (χ0) is 19.6. The van der Waals surface area contributed by atoms with E-state index in [1.165, 1.54) is 11.3 Å². The summed E-state index contributed by atoms with van der Waals surface area (Å²) in [5, 5.41) is 11.2. The average molecular weight is 398 g/mol. The molecule has 146 valence electrons. The van der Waals surface area contributed by atoms with Crippen LogP contribution in [0, 0.1) is 0 Å². The summed E-state index contributed by atoms with van der Waals surface area (Å²) in [5.74, 6) is 1.24. The third-order valence-corrected chi connectivity index (χ3v) is 4.78. The van der Waals surface area contributed by atoms with Crippen LogP contribution >= 0.6 is 11.3 Å².